The smallest absolute Gasteiger partial charge is 0.0177 e. The van der Waals surface area contributed by atoms with Gasteiger partial charge in [0.05, 0.1) is 0 Å². The summed E-state index contributed by atoms with van der Waals surface area (Å²) in [5.41, 5.74) is 0. The lowest BCUT2D eigenvalue weighted by Gasteiger charge is -2.23. The lowest BCUT2D eigenvalue weighted by Crippen LogP contribution is -2.31. The maximum absolute atomic E-state index is 2.57. The summed E-state index contributed by atoms with van der Waals surface area (Å²) in [5.74, 6) is 0. The molecule has 16 heavy (non-hydrogen) atoms. The van der Waals surface area contributed by atoms with Gasteiger partial charge in [-0.1, -0.05) is 13.8 Å². The predicted octanol–water partition coefficient (Wildman–Crippen LogP) is 3.49. The Hall–Kier alpha value is 0.660. The summed E-state index contributed by atoms with van der Waals surface area (Å²) < 4.78 is 0. The van der Waals surface area contributed by atoms with Gasteiger partial charge in [-0.25, -0.2) is 0 Å². The first-order chi connectivity index (χ1) is 7.63. The van der Waals surface area contributed by atoms with Gasteiger partial charge in [-0.3, -0.25) is 0 Å². The van der Waals surface area contributed by atoms with Crippen LogP contribution in [0.3, 0.4) is 0 Å². The summed E-state index contributed by atoms with van der Waals surface area (Å²) in [4.78, 5) is 2.57. The molecule has 0 amide bonds. The first kappa shape index (κ1) is 13.1. The Morgan fingerprint density at radius 1 is 0.875 bits per heavy atom. The summed E-state index contributed by atoms with van der Waals surface area (Å²) in [6.07, 6.45) is 5.73. The molecule has 0 aliphatic carbocycles. The first-order valence-corrected chi connectivity index (χ1v) is 8.51. The Bertz CT molecular complexity index is 200. The van der Waals surface area contributed by atoms with Crippen LogP contribution in [0.1, 0.15) is 39.5 Å². The normalized spacial score (nSPS) is 39.8. The van der Waals surface area contributed by atoms with E-state index in [1.165, 1.54) is 38.8 Å². The summed E-state index contributed by atoms with van der Waals surface area (Å²) >= 11 is 4.41. The van der Waals surface area contributed by atoms with Gasteiger partial charge in [-0.2, -0.15) is 23.5 Å². The number of hydrogen-bond donors (Lipinski definition) is 0. The number of rotatable bonds is 4. The molecule has 2 saturated heterocycles. The van der Waals surface area contributed by atoms with E-state index in [1.807, 2.05) is 0 Å². The van der Waals surface area contributed by atoms with Crippen molar-refractivity contribution in [1.29, 1.82) is 0 Å². The lowest BCUT2D eigenvalue weighted by molar-refractivity contribution is 0.330. The fourth-order valence-electron chi connectivity index (χ4n) is 2.81. The molecule has 2 heterocycles. The second-order valence-electron chi connectivity index (χ2n) is 5.51. The molecule has 1 nitrogen and oxygen atoms in total. The van der Waals surface area contributed by atoms with Gasteiger partial charge in [0.2, 0.25) is 0 Å². The molecule has 0 spiro atoms. The molecule has 0 aromatic carbocycles. The van der Waals surface area contributed by atoms with Crippen LogP contribution in [-0.2, 0) is 0 Å². The first-order valence-electron chi connectivity index (χ1n) is 6.63. The third-order valence-electron chi connectivity index (χ3n) is 3.67. The van der Waals surface area contributed by atoms with E-state index >= 15 is 0 Å². The Morgan fingerprint density at radius 3 is 1.62 bits per heavy atom. The van der Waals surface area contributed by atoms with Crippen molar-refractivity contribution in [3.63, 3.8) is 0 Å². The third-order valence-corrected chi connectivity index (χ3v) is 6.61. The van der Waals surface area contributed by atoms with Crippen molar-refractivity contribution >= 4 is 23.5 Å². The molecule has 2 aliphatic heterocycles. The van der Waals surface area contributed by atoms with Gasteiger partial charge < -0.3 is 4.90 Å². The zero-order valence-corrected chi connectivity index (χ0v) is 12.4. The molecular formula is C13H25NS2. The van der Waals surface area contributed by atoms with Crippen molar-refractivity contribution in [3.8, 4) is 0 Å². The van der Waals surface area contributed by atoms with E-state index in [1.54, 1.807) is 0 Å². The summed E-state index contributed by atoms with van der Waals surface area (Å²) in [5, 5.41) is 3.62. The molecule has 94 valence electrons. The van der Waals surface area contributed by atoms with Crippen LogP contribution in [-0.4, -0.2) is 46.0 Å². The van der Waals surface area contributed by atoms with E-state index < -0.39 is 0 Å². The number of nitrogens with zero attached hydrogens (tertiary/aromatic N) is 1. The maximum Gasteiger partial charge on any atom is 0.0177 e. The van der Waals surface area contributed by atoms with Crippen molar-refractivity contribution in [3.05, 3.63) is 0 Å². The topological polar surface area (TPSA) is 3.24 Å². The molecule has 0 bridgehead atoms. The quantitative estimate of drug-likeness (QED) is 0.761. The van der Waals surface area contributed by atoms with E-state index in [0.29, 0.717) is 0 Å². The number of hydrogen-bond acceptors (Lipinski definition) is 3. The zero-order chi connectivity index (χ0) is 11.5. The average molecular weight is 259 g/mol. The van der Waals surface area contributed by atoms with Gasteiger partial charge >= 0.3 is 0 Å². The highest BCUT2D eigenvalue weighted by Crippen LogP contribution is 2.35. The van der Waals surface area contributed by atoms with Crippen LogP contribution in [0, 0.1) is 0 Å². The fourth-order valence-corrected chi connectivity index (χ4v) is 5.89. The highest BCUT2D eigenvalue weighted by molar-refractivity contribution is 8.01. The third kappa shape index (κ3) is 3.85. The van der Waals surface area contributed by atoms with Crippen LogP contribution in [0.25, 0.3) is 0 Å². The van der Waals surface area contributed by atoms with Gasteiger partial charge in [0.25, 0.3) is 0 Å². The van der Waals surface area contributed by atoms with Crippen LogP contribution in [0.15, 0.2) is 0 Å². The molecule has 4 atom stereocenters. The van der Waals surface area contributed by atoms with Crippen molar-refractivity contribution in [2.24, 2.45) is 0 Å². The van der Waals surface area contributed by atoms with E-state index in [0.717, 1.165) is 21.0 Å². The molecule has 2 rings (SSSR count). The summed E-state index contributed by atoms with van der Waals surface area (Å²) in [7, 11) is 2.31. The van der Waals surface area contributed by atoms with Gasteiger partial charge in [-0.05, 0) is 32.7 Å². The Morgan fingerprint density at radius 2 is 1.31 bits per heavy atom. The fraction of sp³-hybridized carbons (Fsp3) is 1.00. The minimum Gasteiger partial charge on any atom is -0.304 e. The molecule has 2 aliphatic rings. The van der Waals surface area contributed by atoms with Gasteiger partial charge in [0.15, 0.2) is 0 Å². The molecule has 3 heteroatoms. The van der Waals surface area contributed by atoms with Crippen molar-refractivity contribution in [1.82, 2.24) is 4.90 Å². The SMILES string of the molecule is CC1CCC(CN(C)CC2CCC(C)S2)S1. The Balaban J connectivity index is 1.66. The lowest BCUT2D eigenvalue weighted by atomic mass is 10.2. The number of thioether (sulfide) groups is 2. The highest BCUT2D eigenvalue weighted by atomic mass is 32.2. The van der Waals surface area contributed by atoms with Crippen molar-refractivity contribution < 1.29 is 0 Å². The highest BCUT2D eigenvalue weighted by Gasteiger charge is 2.26. The van der Waals surface area contributed by atoms with Crippen molar-refractivity contribution in [2.45, 2.75) is 60.5 Å². The minimum absolute atomic E-state index is 0.902. The summed E-state index contributed by atoms with van der Waals surface area (Å²) in [6.45, 7) is 7.36. The molecule has 0 aromatic heterocycles. The van der Waals surface area contributed by atoms with Gasteiger partial charge in [0, 0.05) is 34.1 Å². The average Bonchev–Trinajstić information content (AvgIpc) is 2.76. The molecule has 2 fully saturated rings. The second-order valence-corrected chi connectivity index (χ2v) is 9.00. The molecule has 0 saturated carbocycles. The van der Waals surface area contributed by atoms with Crippen LogP contribution in [0.2, 0.25) is 0 Å². The molecule has 0 N–H and O–H groups in total. The second kappa shape index (κ2) is 6.01. The maximum atomic E-state index is 2.57. The zero-order valence-electron chi connectivity index (χ0n) is 10.8. The Kier molecular flexibility index (Phi) is 4.92. The van der Waals surface area contributed by atoms with Gasteiger partial charge in [-0.15, -0.1) is 0 Å². The predicted molar refractivity (Wildman–Crippen MR) is 77.6 cm³/mol. The molecule has 0 radical (unpaired) electrons. The van der Waals surface area contributed by atoms with E-state index in [4.69, 9.17) is 0 Å². The Labute approximate surface area is 109 Å². The standard InChI is InChI=1S/C13H25NS2/c1-10-4-6-12(15-10)8-14(3)9-13-7-5-11(2)16-13/h10-13H,4-9H2,1-3H3. The van der Waals surface area contributed by atoms with Crippen molar-refractivity contribution in [2.75, 3.05) is 20.1 Å². The van der Waals surface area contributed by atoms with Gasteiger partial charge in [0.1, 0.15) is 0 Å². The van der Waals surface area contributed by atoms with Crippen LogP contribution < -0.4 is 0 Å². The molecular weight excluding hydrogens is 234 g/mol. The largest absolute Gasteiger partial charge is 0.304 e. The molecule has 0 aromatic rings. The monoisotopic (exact) mass is 259 g/mol. The molecule has 4 unspecified atom stereocenters. The van der Waals surface area contributed by atoms with Crippen LogP contribution >= 0.6 is 23.5 Å². The summed E-state index contributed by atoms with van der Waals surface area (Å²) in [6, 6.07) is 0. The van der Waals surface area contributed by atoms with E-state index in [9.17, 15) is 0 Å². The van der Waals surface area contributed by atoms with E-state index in [-0.39, 0.29) is 0 Å². The van der Waals surface area contributed by atoms with Crippen LogP contribution in [0.5, 0.6) is 0 Å². The minimum atomic E-state index is 0.902. The van der Waals surface area contributed by atoms with E-state index in [2.05, 4.69) is 49.3 Å². The van der Waals surface area contributed by atoms with Crippen LogP contribution in [0.4, 0.5) is 0 Å².